The molecule has 2 saturated heterocycles. The lowest BCUT2D eigenvalue weighted by atomic mass is 9.96. The van der Waals surface area contributed by atoms with Gasteiger partial charge in [-0.05, 0) is 30.3 Å². The average Bonchev–Trinajstić information content (AvgIpc) is 2.90. The van der Waals surface area contributed by atoms with E-state index < -0.39 is 0 Å². The minimum absolute atomic E-state index is 0.237. The van der Waals surface area contributed by atoms with E-state index in [-0.39, 0.29) is 5.41 Å². The maximum Gasteiger partial charge on any atom is 0.107 e. The van der Waals surface area contributed by atoms with Crippen LogP contribution in [0.3, 0.4) is 0 Å². The van der Waals surface area contributed by atoms with E-state index in [9.17, 15) is 0 Å². The molecule has 0 bridgehead atoms. The molecule has 2 aliphatic rings. The van der Waals surface area contributed by atoms with E-state index in [1.54, 1.807) is 0 Å². The molecule has 18 heavy (non-hydrogen) atoms. The van der Waals surface area contributed by atoms with Crippen molar-refractivity contribution in [2.24, 2.45) is 11.8 Å². The van der Waals surface area contributed by atoms with E-state index in [4.69, 9.17) is 0 Å². The third-order valence-corrected chi connectivity index (χ3v) is 5.52. The summed E-state index contributed by atoms with van der Waals surface area (Å²) in [4.78, 5) is 8.59. The van der Waals surface area contributed by atoms with Crippen LogP contribution in [0.25, 0.3) is 0 Å². The first-order chi connectivity index (χ1) is 8.52. The first kappa shape index (κ1) is 12.6. The Morgan fingerprint density at radius 2 is 2.00 bits per heavy atom. The van der Waals surface area contributed by atoms with E-state index in [0.29, 0.717) is 0 Å². The van der Waals surface area contributed by atoms with Crippen LogP contribution in [0.2, 0.25) is 0 Å². The molecule has 3 rings (SSSR count). The smallest absolute Gasteiger partial charge is 0.107 e. The summed E-state index contributed by atoms with van der Waals surface area (Å²) in [6, 6.07) is 0. The number of nitrogens with one attached hydrogen (secondary N) is 1. The predicted octanol–water partition coefficient (Wildman–Crippen LogP) is 2.09. The van der Waals surface area contributed by atoms with Crippen LogP contribution in [-0.2, 0) is 12.0 Å². The zero-order chi connectivity index (χ0) is 12.8. The van der Waals surface area contributed by atoms with Gasteiger partial charge < -0.3 is 5.32 Å². The highest BCUT2D eigenvalue weighted by Crippen LogP contribution is 2.31. The van der Waals surface area contributed by atoms with Gasteiger partial charge in [0.2, 0.25) is 0 Å². The third kappa shape index (κ3) is 2.46. The monoisotopic (exact) mass is 265 g/mol. The Hall–Kier alpha value is -0.450. The van der Waals surface area contributed by atoms with Gasteiger partial charge >= 0.3 is 0 Å². The predicted molar refractivity (Wildman–Crippen MR) is 75.9 cm³/mol. The zero-order valence-electron chi connectivity index (χ0n) is 11.6. The van der Waals surface area contributed by atoms with Crippen molar-refractivity contribution in [3.05, 3.63) is 16.1 Å². The van der Waals surface area contributed by atoms with Crippen LogP contribution in [-0.4, -0.2) is 36.1 Å². The fourth-order valence-corrected chi connectivity index (χ4v) is 4.02. The summed E-state index contributed by atoms with van der Waals surface area (Å²) in [6.45, 7) is 12.8. The molecule has 1 N–H and O–H groups in total. The molecule has 4 heteroatoms. The maximum atomic E-state index is 4.60. The van der Waals surface area contributed by atoms with Gasteiger partial charge in [-0.1, -0.05) is 20.8 Å². The topological polar surface area (TPSA) is 28.2 Å². The molecule has 3 heterocycles. The standard InChI is InChI=1S/C14H23N3S/c1-14(2,3)12-6-16-13(18-12)9-17-7-10-4-15-5-11(10)8-17/h6,10-11,15H,4-5,7-9H2,1-3H3/t10-,11+. The van der Waals surface area contributed by atoms with Gasteiger partial charge in [0.05, 0.1) is 6.54 Å². The van der Waals surface area contributed by atoms with Gasteiger partial charge in [0.25, 0.3) is 0 Å². The van der Waals surface area contributed by atoms with Crippen LogP contribution in [0, 0.1) is 11.8 Å². The van der Waals surface area contributed by atoms with Crippen molar-refractivity contribution in [1.82, 2.24) is 15.2 Å². The molecular formula is C14H23N3S. The molecular weight excluding hydrogens is 242 g/mol. The summed E-state index contributed by atoms with van der Waals surface area (Å²) < 4.78 is 0. The van der Waals surface area contributed by atoms with Crippen molar-refractivity contribution in [3.63, 3.8) is 0 Å². The molecule has 1 aromatic heterocycles. The van der Waals surface area contributed by atoms with Crippen molar-refractivity contribution in [2.75, 3.05) is 26.2 Å². The van der Waals surface area contributed by atoms with E-state index in [2.05, 4.69) is 42.2 Å². The zero-order valence-corrected chi connectivity index (χ0v) is 12.4. The molecule has 2 fully saturated rings. The highest BCUT2D eigenvalue weighted by atomic mass is 32.1. The van der Waals surface area contributed by atoms with Crippen LogP contribution < -0.4 is 5.32 Å². The number of nitrogens with zero attached hydrogens (tertiary/aromatic N) is 2. The Kier molecular flexibility index (Phi) is 3.20. The molecule has 1 aromatic rings. The van der Waals surface area contributed by atoms with Crippen LogP contribution in [0.15, 0.2) is 6.20 Å². The Morgan fingerprint density at radius 1 is 1.33 bits per heavy atom. The Morgan fingerprint density at radius 3 is 2.56 bits per heavy atom. The van der Waals surface area contributed by atoms with Crippen LogP contribution >= 0.6 is 11.3 Å². The van der Waals surface area contributed by atoms with Crippen LogP contribution in [0.5, 0.6) is 0 Å². The van der Waals surface area contributed by atoms with Crippen molar-refractivity contribution >= 4 is 11.3 Å². The summed E-state index contributed by atoms with van der Waals surface area (Å²) in [7, 11) is 0. The summed E-state index contributed by atoms with van der Waals surface area (Å²) in [5.74, 6) is 1.76. The summed E-state index contributed by atoms with van der Waals surface area (Å²) in [6.07, 6.45) is 2.07. The maximum absolute atomic E-state index is 4.60. The SMILES string of the molecule is CC(C)(C)c1cnc(CN2C[C@H]3CNC[C@H]3C2)s1. The number of likely N-dealkylation sites (tertiary alicyclic amines) is 1. The van der Waals surface area contributed by atoms with Crippen molar-refractivity contribution < 1.29 is 0 Å². The third-order valence-electron chi connectivity index (χ3n) is 4.12. The average molecular weight is 265 g/mol. The second-order valence-corrected chi connectivity index (χ2v) is 7.86. The van der Waals surface area contributed by atoms with Gasteiger partial charge in [-0.15, -0.1) is 11.3 Å². The van der Waals surface area contributed by atoms with Crippen LogP contribution in [0.4, 0.5) is 0 Å². The van der Waals surface area contributed by atoms with E-state index >= 15 is 0 Å². The minimum atomic E-state index is 0.237. The first-order valence-corrected chi connectivity index (χ1v) is 7.72. The van der Waals surface area contributed by atoms with Gasteiger partial charge in [-0.2, -0.15) is 0 Å². The fraction of sp³-hybridized carbons (Fsp3) is 0.786. The fourth-order valence-electron chi connectivity index (χ4n) is 3.00. The number of fused-ring (bicyclic) bond motifs is 1. The quantitative estimate of drug-likeness (QED) is 0.887. The van der Waals surface area contributed by atoms with E-state index in [0.717, 1.165) is 18.4 Å². The van der Waals surface area contributed by atoms with E-state index in [1.165, 1.54) is 36.1 Å². The minimum Gasteiger partial charge on any atom is -0.316 e. The Labute approximate surface area is 114 Å². The number of hydrogen-bond acceptors (Lipinski definition) is 4. The van der Waals surface area contributed by atoms with Gasteiger partial charge in [-0.25, -0.2) is 4.98 Å². The molecule has 0 amide bonds. The molecule has 0 unspecified atom stereocenters. The molecule has 0 spiro atoms. The van der Waals surface area contributed by atoms with Crippen molar-refractivity contribution in [2.45, 2.75) is 32.7 Å². The second-order valence-electron chi connectivity index (χ2n) is 6.74. The number of thiazole rings is 1. The first-order valence-electron chi connectivity index (χ1n) is 6.90. The normalized spacial score (nSPS) is 28.8. The summed E-state index contributed by atoms with van der Waals surface area (Å²) >= 11 is 1.89. The number of hydrogen-bond donors (Lipinski definition) is 1. The summed E-state index contributed by atoms with van der Waals surface area (Å²) in [5.41, 5.74) is 0.237. The Balaban J connectivity index is 1.62. The largest absolute Gasteiger partial charge is 0.316 e. The van der Waals surface area contributed by atoms with Crippen molar-refractivity contribution in [1.29, 1.82) is 0 Å². The molecule has 0 aromatic carbocycles. The molecule has 2 atom stereocenters. The highest BCUT2D eigenvalue weighted by molar-refractivity contribution is 7.11. The number of aromatic nitrogens is 1. The Bertz CT molecular complexity index is 409. The van der Waals surface area contributed by atoms with Gasteiger partial charge in [-0.3, -0.25) is 4.90 Å². The van der Waals surface area contributed by atoms with Gasteiger partial charge in [0, 0.05) is 24.2 Å². The van der Waals surface area contributed by atoms with Crippen molar-refractivity contribution in [3.8, 4) is 0 Å². The number of rotatable bonds is 2. The lowest BCUT2D eigenvalue weighted by Gasteiger charge is -2.16. The second kappa shape index (κ2) is 4.58. The van der Waals surface area contributed by atoms with Gasteiger partial charge in [0.1, 0.15) is 5.01 Å². The summed E-state index contributed by atoms with van der Waals surface area (Å²) in [5, 5.41) is 4.78. The lowest BCUT2D eigenvalue weighted by molar-refractivity contribution is 0.305. The van der Waals surface area contributed by atoms with Crippen LogP contribution in [0.1, 0.15) is 30.7 Å². The molecule has 0 saturated carbocycles. The lowest BCUT2D eigenvalue weighted by Crippen LogP contribution is -2.25. The molecule has 0 aliphatic carbocycles. The molecule has 2 aliphatic heterocycles. The van der Waals surface area contributed by atoms with E-state index in [1.807, 2.05) is 11.3 Å². The molecule has 0 radical (unpaired) electrons. The molecule has 100 valence electrons. The molecule has 3 nitrogen and oxygen atoms in total. The van der Waals surface area contributed by atoms with Gasteiger partial charge in [0.15, 0.2) is 0 Å². The highest BCUT2D eigenvalue weighted by Gasteiger charge is 2.36.